The van der Waals surface area contributed by atoms with Crippen LogP contribution in [-0.4, -0.2) is 15.6 Å². The molecular formula is C15H15O4P. The van der Waals surface area contributed by atoms with Crippen LogP contribution in [-0.2, 0) is 4.57 Å². The molecule has 104 valence electrons. The van der Waals surface area contributed by atoms with Crippen molar-refractivity contribution in [2.45, 2.75) is 13.8 Å². The van der Waals surface area contributed by atoms with Gasteiger partial charge in [-0.05, 0) is 37.6 Å². The molecule has 0 aliphatic heterocycles. The zero-order valence-corrected chi connectivity index (χ0v) is 12.1. The van der Waals surface area contributed by atoms with Gasteiger partial charge in [-0.2, -0.15) is 0 Å². The van der Waals surface area contributed by atoms with Crippen LogP contribution in [0.5, 0.6) is 0 Å². The van der Waals surface area contributed by atoms with E-state index in [1.54, 1.807) is 12.1 Å². The second kappa shape index (κ2) is 5.33. The number of hydrogen-bond acceptors (Lipinski definition) is 2. The van der Waals surface area contributed by atoms with E-state index in [0.29, 0.717) is 5.56 Å². The van der Waals surface area contributed by atoms with Crippen LogP contribution in [0.25, 0.3) is 0 Å². The molecule has 20 heavy (non-hydrogen) atoms. The molecule has 0 bridgehead atoms. The highest BCUT2D eigenvalue weighted by Gasteiger charge is 2.19. The summed E-state index contributed by atoms with van der Waals surface area (Å²) in [6, 6.07) is 11.2. The number of carbonyl (C=O) groups is 1. The summed E-state index contributed by atoms with van der Waals surface area (Å²) < 4.78 is 11.2. The average Bonchev–Trinajstić information content (AvgIpc) is 2.40. The number of ketones is 1. The summed E-state index contributed by atoms with van der Waals surface area (Å²) in [7, 11) is -4.35. The first-order chi connectivity index (χ1) is 9.29. The summed E-state index contributed by atoms with van der Waals surface area (Å²) in [5.74, 6) is -0.235. The lowest BCUT2D eigenvalue weighted by molar-refractivity contribution is 0.103. The van der Waals surface area contributed by atoms with E-state index in [9.17, 15) is 9.36 Å². The van der Waals surface area contributed by atoms with Crippen LogP contribution in [0.2, 0.25) is 0 Å². The van der Waals surface area contributed by atoms with Gasteiger partial charge in [0.2, 0.25) is 0 Å². The molecular weight excluding hydrogens is 275 g/mol. The van der Waals surface area contributed by atoms with Crippen molar-refractivity contribution >= 4 is 18.7 Å². The monoisotopic (exact) mass is 290 g/mol. The van der Waals surface area contributed by atoms with Crippen molar-refractivity contribution in [2.75, 3.05) is 0 Å². The number of aryl methyl sites for hydroxylation is 2. The first kappa shape index (κ1) is 14.7. The maximum Gasteiger partial charge on any atom is 0.356 e. The van der Waals surface area contributed by atoms with Crippen molar-refractivity contribution < 1.29 is 19.1 Å². The lowest BCUT2D eigenvalue weighted by Gasteiger charge is -2.09. The van der Waals surface area contributed by atoms with E-state index in [0.717, 1.165) is 11.1 Å². The Morgan fingerprint density at radius 1 is 1.05 bits per heavy atom. The summed E-state index contributed by atoms with van der Waals surface area (Å²) in [5, 5.41) is -0.145. The molecule has 0 aliphatic rings. The molecule has 0 fully saturated rings. The molecule has 0 aromatic heterocycles. The lowest BCUT2D eigenvalue weighted by Crippen LogP contribution is -2.10. The average molecular weight is 290 g/mol. The summed E-state index contributed by atoms with van der Waals surface area (Å²) >= 11 is 0. The van der Waals surface area contributed by atoms with Crippen molar-refractivity contribution in [3.8, 4) is 0 Å². The number of benzene rings is 2. The summed E-state index contributed by atoms with van der Waals surface area (Å²) in [5.41, 5.74) is 2.62. The van der Waals surface area contributed by atoms with Crippen LogP contribution < -0.4 is 5.30 Å². The van der Waals surface area contributed by atoms with E-state index in [-0.39, 0.29) is 16.7 Å². The van der Waals surface area contributed by atoms with Crippen LogP contribution in [0.3, 0.4) is 0 Å². The fraction of sp³-hybridized carbons (Fsp3) is 0.133. The number of carbonyl (C=O) groups excluding carboxylic acids is 1. The lowest BCUT2D eigenvalue weighted by atomic mass is 9.97. The van der Waals surface area contributed by atoms with Crippen molar-refractivity contribution in [3.05, 3.63) is 64.7 Å². The third kappa shape index (κ3) is 3.05. The second-order valence-electron chi connectivity index (χ2n) is 4.74. The van der Waals surface area contributed by atoms with Crippen LogP contribution in [0.15, 0.2) is 42.5 Å². The molecule has 2 aromatic rings. The highest BCUT2D eigenvalue weighted by Crippen LogP contribution is 2.33. The van der Waals surface area contributed by atoms with E-state index in [1.807, 2.05) is 26.0 Å². The van der Waals surface area contributed by atoms with Gasteiger partial charge >= 0.3 is 7.60 Å². The zero-order valence-electron chi connectivity index (χ0n) is 11.2. The minimum absolute atomic E-state index is 0.145. The first-order valence-corrected chi connectivity index (χ1v) is 7.68. The predicted molar refractivity (Wildman–Crippen MR) is 77.5 cm³/mol. The van der Waals surface area contributed by atoms with Gasteiger partial charge in [-0.3, -0.25) is 9.36 Å². The van der Waals surface area contributed by atoms with Gasteiger partial charge in [-0.15, -0.1) is 0 Å². The molecule has 0 radical (unpaired) electrons. The maximum absolute atomic E-state index is 12.4. The molecule has 0 amide bonds. The maximum atomic E-state index is 12.4. The smallest absolute Gasteiger partial charge is 0.321 e. The van der Waals surface area contributed by atoms with Gasteiger partial charge in [-0.25, -0.2) is 0 Å². The van der Waals surface area contributed by atoms with E-state index in [4.69, 9.17) is 9.79 Å². The van der Waals surface area contributed by atoms with Gasteiger partial charge in [0.1, 0.15) is 0 Å². The van der Waals surface area contributed by atoms with Crippen LogP contribution in [0.1, 0.15) is 27.0 Å². The van der Waals surface area contributed by atoms with Gasteiger partial charge in [0, 0.05) is 11.1 Å². The van der Waals surface area contributed by atoms with Crippen LogP contribution in [0, 0.1) is 13.8 Å². The highest BCUT2D eigenvalue weighted by atomic mass is 31.2. The van der Waals surface area contributed by atoms with Gasteiger partial charge in [0.25, 0.3) is 0 Å². The standard InChI is InChI=1S/C15H15O4P/c1-10-6-7-11(2)14(8-10)15(16)12-4-3-5-13(9-12)20(17,18)19/h3-9H,1-2H3,(H2,17,18,19). The second-order valence-corrected chi connectivity index (χ2v) is 6.35. The Morgan fingerprint density at radius 3 is 2.40 bits per heavy atom. The molecule has 0 aliphatic carbocycles. The quantitative estimate of drug-likeness (QED) is 0.672. The predicted octanol–water partition coefficient (Wildman–Crippen LogP) is 2.34. The Labute approximate surface area is 117 Å². The number of hydrogen-bond donors (Lipinski definition) is 2. The van der Waals surface area contributed by atoms with Crippen molar-refractivity contribution in [1.29, 1.82) is 0 Å². The van der Waals surface area contributed by atoms with Gasteiger partial charge in [0.05, 0.1) is 5.30 Å². The number of rotatable bonds is 3. The van der Waals surface area contributed by atoms with E-state index >= 15 is 0 Å². The van der Waals surface area contributed by atoms with Crippen molar-refractivity contribution in [1.82, 2.24) is 0 Å². The fourth-order valence-corrected chi connectivity index (χ4v) is 2.55. The zero-order chi connectivity index (χ0) is 14.9. The topological polar surface area (TPSA) is 74.6 Å². The first-order valence-electron chi connectivity index (χ1n) is 6.07. The SMILES string of the molecule is Cc1ccc(C)c(C(=O)c2cccc(P(=O)(O)O)c2)c1. The molecule has 2 aromatic carbocycles. The molecule has 0 unspecified atom stereocenters. The van der Waals surface area contributed by atoms with E-state index in [1.165, 1.54) is 18.2 Å². The van der Waals surface area contributed by atoms with Crippen molar-refractivity contribution in [2.24, 2.45) is 0 Å². The van der Waals surface area contributed by atoms with Gasteiger partial charge in [0.15, 0.2) is 5.78 Å². The van der Waals surface area contributed by atoms with Gasteiger partial charge < -0.3 is 9.79 Å². The minimum atomic E-state index is -4.35. The Bertz CT molecular complexity index is 716. The Morgan fingerprint density at radius 2 is 1.75 bits per heavy atom. The largest absolute Gasteiger partial charge is 0.356 e. The molecule has 0 atom stereocenters. The van der Waals surface area contributed by atoms with Crippen LogP contribution >= 0.6 is 7.60 Å². The molecule has 0 spiro atoms. The molecule has 2 rings (SSSR count). The molecule has 0 saturated heterocycles. The van der Waals surface area contributed by atoms with E-state index < -0.39 is 7.60 Å². The highest BCUT2D eigenvalue weighted by molar-refractivity contribution is 7.60. The van der Waals surface area contributed by atoms with E-state index in [2.05, 4.69) is 0 Å². The Hall–Kier alpha value is -1.74. The summed E-state index contributed by atoms with van der Waals surface area (Å²) in [6.45, 7) is 3.72. The normalized spacial score (nSPS) is 11.4. The Balaban J connectivity index is 2.49. The summed E-state index contributed by atoms with van der Waals surface area (Å²) in [4.78, 5) is 30.8. The van der Waals surface area contributed by atoms with Gasteiger partial charge in [-0.1, -0.05) is 29.8 Å². The fourth-order valence-electron chi connectivity index (χ4n) is 1.96. The molecule has 4 nitrogen and oxygen atoms in total. The molecule has 0 heterocycles. The van der Waals surface area contributed by atoms with Crippen LogP contribution in [0.4, 0.5) is 0 Å². The minimum Gasteiger partial charge on any atom is -0.321 e. The third-order valence-corrected chi connectivity index (χ3v) is 4.03. The molecule has 2 N–H and O–H groups in total. The molecule has 0 saturated carbocycles. The molecule has 5 heteroatoms. The third-order valence-electron chi connectivity index (χ3n) is 3.08. The van der Waals surface area contributed by atoms with Crippen molar-refractivity contribution in [3.63, 3.8) is 0 Å². The Kier molecular flexibility index (Phi) is 3.91. The summed E-state index contributed by atoms with van der Waals surface area (Å²) in [6.07, 6.45) is 0.